The van der Waals surface area contributed by atoms with Crippen LogP contribution in [0, 0.1) is 13.8 Å². The van der Waals surface area contributed by atoms with Crippen LogP contribution in [0.5, 0.6) is 0 Å². The number of nitrogens with two attached hydrogens (primary N) is 1. The van der Waals surface area contributed by atoms with Gasteiger partial charge in [-0.3, -0.25) is 5.10 Å². The third-order valence-corrected chi connectivity index (χ3v) is 3.53. The summed E-state index contributed by atoms with van der Waals surface area (Å²) in [5.41, 5.74) is 9.58. The van der Waals surface area contributed by atoms with Gasteiger partial charge < -0.3 is 11.1 Å². The molecule has 2 aromatic heterocycles. The van der Waals surface area contributed by atoms with Gasteiger partial charge in [-0.2, -0.15) is 15.1 Å². The van der Waals surface area contributed by atoms with Crippen molar-refractivity contribution in [2.45, 2.75) is 13.8 Å². The average Bonchev–Trinajstić information content (AvgIpc) is 2.81. The van der Waals surface area contributed by atoms with Gasteiger partial charge in [0.1, 0.15) is 5.82 Å². The molecule has 0 unspecified atom stereocenters. The van der Waals surface area contributed by atoms with E-state index in [9.17, 15) is 0 Å². The number of nitrogen functional groups attached to an aromatic ring is 1. The molecular formula is C13H13BrN6. The number of aryl methyl sites for hydroxylation is 2. The molecule has 20 heavy (non-hydrogen) atoms. The van der Waals surface area contributed by atoms with Crippen LogP contribution in [0.4, 0.5) is 17.5 Å². The van der Waals surface area contributed by atoms with E-state index in [0.29, 0.717) is 11.5 Å². The molecule has 0 saturated heterocycles. The minimum atomic E-state index is 0.205. The third-order valence-electron chi connectivity index (χ3n) is 3.07. The standard InChI is InChI=1S/C13H13BrN6/c1-6-3-8(14)4-7(2)10(6)17-11-9-5-16-20-12(9)19-13(15)18-11/h3-5H,1-2H3,(H4,15,16,17,18,19,20). The van der Waals surface area contributed by atoms with Crippen molar-refractivity contribution in [3.63, 3.8) is 0 Å². The van der Waals surface area contributed by atoms with E-state index in [1.807, 2.05) is 26.0 Å². The van der Waals surface area contributed by atoms with Crippen molar-refractivity contribution in [1.29, 1.82) is 0 Å². The predicted octanol–water partition coefficient (Wildman–Crippen LogP) is 3.06. The Morgan fingerprint density at radius 2 is 1.90 bits per heavy atom. The van der Waals surface area contributed by atoms with E-state index >= 15 is 0 Å². The number of anilines is 3. The summed E-state index contributed by atoms with van der Waals surface area (Å²) in [6.45, 7) is 4.08. The first-order valence-electron chi connectivity index (χ1n) is 6.05. The van der Waals surface area contributed by atoms with Gasteiger partial charge in [0.25, 0.3) is 0 Å². The van der Waals surface area contributed by atoms with Crippen molar-refractivity contribution in [2.24, 2.45) is 0 Å². The molecule has 0 aliphatic rings. The molecule has 0 amide bonds. The number of aromatic nitrogens is 4. The summed E-state index contributed by atoms with van der Waals surface area (Å²) in [6.07, 6.45) is 1.68. The SMILES string of the molecule is Cc1cc(Br)cc(C)c1Nc1nc(N)nc2[nH]ncc12. The zero-order valence-electron chi connectivity index (χ0n) is 11.0. The molecule has 1 aromatic carbocycles. The Bertz CT molecular complexity index is 772. The van der Waals surface area contributed by atoms with Gasteiger partial charge in [0.2, 0.25) is 5.95 Å². The Kier molecular flexibility index (Phi) is 3.06. The van der Waals surface area contributed by atoms with Crippen molar-refractivity contribution in [3.05, 3.63) is 33.9 Å². The number of aromatic amines is 1. The number of rotatable bonds is 2. The number of hydrogen-bond acceptors (Lipinski definition) is 5. The molecule has 4 N–H and O–H groups in total. The van der Waals surface area contributed by atoms with E-state index in [1.54, 1.807) is 6.20 Å². The zero-order chi connectivity index (χ0) is 14.3. The van der Waals surface area contributed by atoms with Crippen molar-refractivity contribution < 1.29 is 0 Å². The lowest BCUT2D eigenvalue weighted by Gasteiger charge is -2.13. The lowest BCUT2D eigenvalue weighted by atomic mass is 10.1. The highest BCUT2D eigenvalue weighted by atomic mass is 79.9. The van der Waals surface area contributed by atoms with Crippen molar-refractivity contribution >= 4 is 44.4 Å². The Hall–Kier alpha value is -2.15. The molecule has 2 heterocycles. The molecule has 0 radical (unpaired) electrons. The monoisotopic (exact) mass is 332 g/mol. The average molecular weight is 333 g/mol. The van der Waals surface area contributed by atoms with Crippen molar-refractivity contribution in [2.75, 3.05) is 11.1 Å². The Balaban J connectivity index is 2.12. The third kappa shape index (κ3) is 2.20. The summed E-state index contributed by atoms with van der Waals surface area (Å²) in [5.74, 6) is 0.853. The van der Waals surface area contributed by atoms with E-state index < -0.39 is 0 Å². The molecule has 0 fully saturated rings. The summed E-state index contributed by atoms with van der Waals surface area (Å²) < 4.78 is 1.05. The minimum absolute atomic E-state index is 0.205. The molecule has 102 valence electrons. The summed E-state index contributed by atoms with van der Waals surface area (Å²) in [6, 6.07) is 4.10. The Morgan fingerprint density at radius 3 is 2.60 bits per heavy atom. The van der Waals surface area contributed by atoms with Gasteiger partial charge in [0, 0.05) is 10.2 Å². The molecule has 0 atom stereocenters. The fourth-order valence-electron chi connectivity index (χ4n) is 2.17. The largest absolute Gasteiger partial charge is 0.368 e. The van der Waals surface area contributed by atoms with Gasteiger partial charge in [0.15, 0.2) is 5.65 Å². The summed E-state index contributed by atoms with van der Waals surface area (Å²) in [7, 11) is 0. The molecular weight excluding hydrogens is 320 g/mol. The van der Waals surface area contributed by atoms with Crippen LogP contribution in [-0.4, -0.2) is 20.2 Å². The predicted molar refractivity (Wildman–Crippen MR) is 83.0 cm³/mol. The van der Waals surface area contributed by atoms with Crippen LogP contribution in [-0.2, 0) is 0 Å². The van der Waals surface area contributed by atoms with Crippen LogP contribution in [0.1, 0.15) is 11.1 Å². The smallest absolute Gasteiger partial charge is 0.224 e. The van der Waals surface area contributed by atoms with E-state index in [-0.39, 0.29) is 5.95 Å². The fraction of sp³-hybridized carbons (Fsp3) is 0.154. The second-order valence-electron chi connectivity index (χ2n) is 4.60. The van der Waals surface area contributed by atoms with Gasteiger partial charge in [-0.25, -0.2) is 0 Å². The Morgan fingerprint density at radius 1 is 1.20 bits per heavy atom. The molecule has 7 heteroatoms. The summed E-state index contributed by atoms with van der Waals surface area (Å²) in [4.78, 5) is 8.36. The van der Waals surface area contributed by atoms with E-state index in [0.717, 1.165) is 26.7 Å². The van der Waals surface area contributed by atoms with Gasteiger partial charge >= 0.3 is 0 Å². The molecule has 0 bridgehead atoms. The zero-order valence-corrected chi connectivity index (χ0v) is 12.6. The molecule has 0 aliphatic carbocycles. The molecule has 0 aliphatic heterocycles. The van der Waals surface area contributed by atoms with Crippen LogP contribution in [0.25, 0.3) is 11.0 Å². The van der Waals surface area contributed by atoms with Gasteiger partial charge in [-0.05, 0) is 37.1 Å². The van der Waals surface area contributed by atoms with Gasteiger partial charge in [-0.15, -0.1) is 0 Å². The second kappa shape index (κ2) is 4.75. The minimum Gasteiger partial charge on any atom is -0.368 e. The van der Waals surface area contributed by atoms with Crippen LogP contribution in [0.3, 0.4) is 0 Å². The maximum Gasteiger partial charge on any atom is 0.224 e. The number of fused-ring (bicyclic) bond motifs is 1. The normalized spacial score (nSPS) is 10.9. The second-order valence-corrected chi connectivity index (χ2v) is 5.52. The lowest BCUT2D eigenvalue weighted by Crippen LogP contribution is -2.03. The number of nitrogens with one attached hydrogen (secondary N) is 2. The molecule has 3 aromatic rings. The van der Waals surface area contributed by atoms with Crippen molar-refractivity contribution in [1.82, 2.24) is 20.2 Å². The lowest BCUT2D eigenvalue weighted by molar-refractivity contribution is 1.09. The maximum absolute atomic E-state index is 5.72. The molecule has 6 nitrogen and oxygen atoms in total. The van der Waals surface area contributed by atoms with Gasteiger partial charge in [0.05, 0.1) is 11.6 Å². The number of benzene rings is 1. The fourth-order valence-corrected chi connectivity index (χ4v) is 2.86. The van der Waals surface area contributed by atoms with Crippen molar-refractivity contribution in [3.8, 4) is 0 Å². The summed E-state index contributed by atoms with van der Waals surface area (Å²) >= 11 is 3.49. The Labute approximate surface area is 123 Å². The van der Waals surface area contributed by atoms with Gasteiger partial charge in [-0.1, -0.05) is 15.9 Å². The molecule has 0 spiro atoms. The number of nitrogens with zero attached hydrogens (tertiary/aromatic N) is 3. The summed E-state index contributed by atoms with van der Waals surface area (Å²) in [5, 5.41) is 10.9. The molecule has 0 saturated carbocycles. The van der Waals surface area contributed by atoms with E-state index in [2.05, 4.69) is 41.4 Å². The van der Waals surface area contributed by atoms with Crippen LogP contribution < -0.4 is 11.1 Å². The first kappa shape index (κ1) is 12.9. The first-order valence-corrected chi connectivity index (χ1v) is 6.84. The number of hydrogen-bond donors (Lipinski definition) is 3. The number of H-pyrrole nitrogens is 1. The molecule has 3 rings (SSSR count). The highest BCUT2D eigenvalue weighted by Crippen LogP contribution is 2.30. The van der Waals surface area contributed by atoms with Crippen LogP contribution >= 0.6 is 15.9 Å². The van der Waals surface area contributed by atoms with Crippen LogP contribution in [0.15, 0.2) is 22.8 Å². The highest BCUT2D eigenvalue weighted by molar-refractivity contribution is 9.10. The van der Waals surface area contributed by atoms with Crippen LogP contribution in [0.2, 0.25) is 0 Å². The quantitative estimate of drug-likeness (QED) is 0.670. The van der Waals surface area contributed by atoms with E-state index in [4.69, 9.17) is 5.73 Å². The topological polar surface area (TPSA) is 92.5 Å². The highest BCUT2D eigenvalue weighted by Gasteiger charge is 2.11. The maximum atomic E-state index is 5.72. The van der Waals surface area contributed by atoms with E-state index in [1.165, 1.54) is 0 Å². The number of halogens is 1. The first-order chi connectivity index (χ1) is 9.54.